The summed E-state index contributed by atoms with van der Waals surface area (Å²) in [6.45, 7) is 6.69. The van der Waals surface area contributed by atoms with Gasteiger partial charge in [-0.1, -0.05) is 208 Å². The highest BCUT2D eigenvalue weighted by atomic mass is 31.2. The molecular weight excluding hydrogens is 928 g/mol. The van der Waals surface area contributed by atoms with Crippen LogP contribution < -0.4 is 10.2 Å². The van der Waals surface area contributed by atoms with Crippen LogP contribution in [0.5, 0.6) is 0 Å². The lowest BCUT2D eigenvalue weighted by molar-refractivity contribution is -0.870. The number of rotatable bonds is 51. The van der Waals surface area contributed by atoms with E-state index in [1.807, 2.05) is 27.2 Å². The predicted octanol–water partition coefficient (Wildman–Crippen LogP) is 17.1. The first-order valence-corrected chi connectivity index (χ1v) is 30.7. The zero-order valence-corrected chi connectivity index (χ0v) is 48.4. The fourth-order valence-electron chi connectivity index (χ4n) is 7.61. The van der Waals surface area contributed by atoms with E-state index >= 15 is 0 Å². The maximum Gasteiger partial charge on any atom is 0.306 e. The third kappa shape index (κ3) is 53.3. The number of likely N-dealkylation sites (N-methyl/N-ethyl adjacent to an activating group) is 1. The summed E-state index contributed by atoms with van der Waals surface area (Å²) in [6.07, 6.45) is 70.6. The van der Waals surface area contributed by atoms with Crippen molar-refractivity contribution in [2.75, 3.05) is 40.9 Å². The van der Waals surface area contributed by atoms with Crippen molar-refractivity contribution >= 4 is 19.7 Å². The van der Waals surface area contributed by atoms with Crippen LogP contribution in [0.15, 0.2) is 109 Å². The average Bonchev–Trinajstić information content (AvgIpc) is 3.35. The Labute approximate surface area is 449 Å². The lowest BCUT2D eigenvalue weighted by Gasteiger charge is -2.30. The first kappa shape index (κ1) is 69.7. The van der Waals surface area contributed by atoms with Gasteiger partial charge in [0.25, 0.3) is 7.82 Å². The first-order chi connectivity index (χ1) is 35.4. The zero-order valence-electron chi connectivity index (χ0n) is 47.5. The Morgan fingerprint density at radius 1 is 0.479 bits per heavy atom. The van der Waals surface area contributed by atoms with Crippen LogP contribution in [0.4, 0.5) is 0 Å². The monoisotopic (exact) mass is 1040 g/mol. The molecule has 0 aliphatic carbocycles. The minimum Gasteiger partial charge on any atom is -0.756 e. The van der Waals surface area contributed by atoms with Crippen LogP contribution in [0.2, 0.25) is 0 Å². The van der Waals surface area contributed by atoms with E-state index in [0.29, 0.717) is 23.9 Å². The lowest BCUT2D eigenvalue weighted by Crippen LogP contribution is -2.47. The highest BCUT2D eigenvalue weighted by molar-refractivity contribution is 7.45. The van der Waals surface area contributed by atoms with Gasteiger partial charge in [0.1, 0.15) is 19.3 Å². The van der Waals surface area contributed by atoms with Crippen LogP contribution in [0.3, 0.4) is 0 Å². The topological polar surface area (TPSA) is 114 Å². The summed E-state index contributed by atoms with van der Waals surface area (Å²) in [6, 6.07) is -0.936. The SMILES string of the molecule is CCCCC/C=C\C/C=C\C/C=C\C/C=C\CCCCCC(=O)OC(/C=C/CCCCCCCCCCC)C(COP(=O)([O-])OCC[N+](C)(C)C)NC(=O)CCC/C=C\C/C=C\C/C=C\C/C=C\CCCCC. The van der Waals surface area contributed by atoms with Gasteiger partial charge in [0, 0.05) is 12.8 Å². The molecule has 0 fully saturated rings. The number of ether oxygens (including phenoxy) is 1. The van der Waals surface area contributed by atoms with Gasteiger partial charge in [-0.2, -0.15) is 0 Å². The van der Waals surface area contributed by atoms with Crippen LogP contribution in [-0.4, -0.2) is 69.4 Å². The fraction of sp³-hybridized carbons (Fsp3) is 0.683. The van der Waals surface area contributed by atoms with Crippen molar-refractivity contribution in [1.29, 1.82) is 0 Å². The van der Waals surface area contributed by atoms with E-state index in [0.717, 1.165) is 83.5 Å². The average molecular weight is 1040 g/mol. The molecule has 0 saturated carbocycles. The second-order valence-corrected chi connectivity index (χ2v) is 21.8. The molecule has 0 radical (unpaired) electrons. The Hall–Kier alpha value is -3.33. The number of phosphoric ester groups is 1. The van der Waals surface area contributed by atoms with E-state index in [9.17, 15) is 19.0 Å². The van der Waals surface area contributed by atoms with Crippen molar-refractivity contribution in [3.8, 4) is 0 Å². The van der Waals surface area contributed by atoms with Crippen molar-refractivity contribution < 1.29 is 37.3 Å². The molecule has 9 nitrogen and oxygen atoms in total. The fourth-order valence-corrected chi connectivity index (χ4v) is 8.34. The molecule has 0 aromatic carbocycles. The Morgan fingerprint density at radius 3 is 1.30 bits per heavy atom. The van der Waals surface area contributed by atoms with Gasteiger partial charge < -0.3 is 28.5 Å². The number of hydrogen-bond acceptors (Lipinski definition) is 7. The maximum atomic E-state index is 13.5. The highest BCUT2D eigenvalue weighted by Gasteiger charge is 2.27. The number of nitrogens with one attached hydrogen (secondary N) is 1. The summed E-state index contributed by atoms with van der Waals surface area (Å²) in [7, 11) is 1.12. The number of allylic oxidation sites excluding steroid dienone is 17. The molecule has 0 spiro atoms. The smallest absolute Gasteiger partial charge is 0.306 e. The van der Waals surface area contributed by atoms with Crippen molar-refractivity contribution in [1.82, 2.24) is 5.32 Å². The Bertz CT molecular complexity index is 1620. The summed E-state index contributed by atoms with van der Waals surface area (Å²) < 4.78 is 30.2. The number of nitrogens with zero attached hydrogens (tertiary/aromatic N) is 1. The number of carbonyl (C=O) groups is 2. The normalized spacial score (nSPS) is 14.6. The summed E-state index contributed by atoms with van der Waals surface area (Å²) in [5, 5.41) is 2.97. The molecule has 0 aromatic rings. The van der Waals surface area contributed by atoms with Gasteiger partial charge in [0.2, 0.25) is 5.91 Å². The molecule has 418 valence electrons. The molecule has 0 saturated heterocycles. The Balaban J connectivity index is 5.46. The molecule has 0 heterocycles. The van der Waals surface area contributed by atoms with Crippen LogP contribution in [0, 0.1) is 0 Å². The van der Waals surface area contributed by atoms with Crippen molar-refractivity contribution in [2.24, 2.45) is 0 Å². The number of carbonyl (C=O) groups excluding carboxylic acids is 2. The molecule has 1 amide bonds. The molecule has 3 unspecified atom stereocenters. The summed E-state index contributed by atoms with van der Waals surface area (Å²) in [5.74, 6) is -0.652. The van der Waals surface area contributed by atoms with E-state index in [2.05, 4.69) is 123 Å². The van der Waals surface area contributed by atoms with Gasteiger partial charge in [0.05, 0.1) is 33.8 Å². The first-order valence-electron chi connectivity index (χ1n) is 29.2. The molecule has 0 aromatic heterocycles. The molecule has 0 aliphatic rings. The molecular formula is C63H109N2O7P. The zero-order chi connectivity index (χ0) is 53.6. The molecule has 0 rings (SSSR count). The van der Waals surface area contributed by atoms with Crippen molar-refractivity contribution in [2.45, 2.75) is 238 Å². The van der Waals surface area contributed by atoms with E-state index in [1.54, 1.807) is 6.08 Å². The van der Waals surface area contributed by atoms with Crippen LogP contribution in [0.1, 0.15) is 226 Å². The summed E-state index contributed by atoms with van der Waals surface area (Å²) in [4.78, 5) is 39.8. The lowest BCUT2D eigenvalue weighted by atomic mass is 10.1. The second-order valence-electron chi connectivity index (χ2n) is 20.4. The van der Waals surface area contributed by atoms with Gasteiger partial charge in [-0.05, 0) is 115 Å². The quantitative estimate of drug-likeness (QED) is 0.0212. The maximum absolute atomic E-state index is 13.5. The largest absolute Gasteiger partial charge is 0.756 e. The molecule has 10 heteroatoms. The molecule has 3 atom stereocenters. The van der Waals surface area contributed by atoms with Gasteiger partial charge in [-0.15, -0.1) is 0 Å². The summed E-state index contributed by atoms with van der Waals surface area (Å²) >= 11 is 0. The molecule has 1 N–H and O–H groups in total. The van der Waals surface area contributed by atoms with Crippen LogP contribution >= 0.6 is 7.82 Å². The molecule has 0 aliphatic heterocycles. The van der Waals surface area contributed by atoms with Crippen molar-refractivity contribution in [3.63, 3.8) is 0 Å². The minimum atomic E-state index is -4.72. The van der Waals surface area contributed by atoms with E-state index in [4.69, 9.17) is 13.8 Å². The highest BCUT2D eigenvalue weighted by Crippen LogP contribution is 2.38. The molecule has 0 bridgehead atoms. The predicted molar refractivity (Wildman–Crippen MR) is 311 cm³/mol. The number of hydrogen-bond donors (Lipinski definition) is 1. The number of amides is 1. The number of quaternary nitrogens is 1. The number of phosphoric acid groups is 1. The van der Waals surface area contributed by atoms with Crippen molar-refractivity contribution in [3.05, 3.63) is 109 Å². The van der Waals surface area contributed by atoms with Gasteiger partial charge in [-0.25, -0.2) is 0 Å². The standard InChI is InChI=1S/C63H109N2O7P/c1-7-10-13-16-19-22-25-27-29-31-32-34-36-38-41-44-47-50-53-56-63(67)72-61(54-51-48-45-42-39-24-21-18-15-12-9-3)60(59-71-73(68,69)70-58-57-65(4,5)6)64-62(66)55-52-49-46-43-40-37-35-33-30-28-26-23-20-17-14-11-8-2/h19-20,22-23,27-30,32,34-35,37-38,41,43,46,51,54,60-61H,7-18,21,24-26,31,33,36,39-40,42,44-45,47-50,52-53,55-59H2,1-6H3,(H-,64,66,68,69)/b22-19-,23-20-,29-27-,30-28-,34-32-,37-35-,41-38-,46-43-,54-51+. The minimum absolute atomic E-state index is 0.0434. The summed E-state index contributed by atoms with van der Waals surface area (Å²) in [5.41, 5.74) is 0. The van der Waals surface area contributed by atoms with Gasteiger partial charge in [-0.3, -0.25) is 14.2 Å². The van der Waals surface area contributed by atoms with E-state index in [1.165, 1.54) is 96.3 Å². The van der Waals surface area contributed by atoms with Crippen LogP contribution in [0.25, 0.3) is 0 Å². The van der Waals surface area contributed by atoms with Gasteiger partial charge >= 0.3 is 5.97 Å². The number of esters is 1. The Kier molecular flexibility index (Phi) is 49.7. The van der Waals surface area contributed by atoms with Crippen LogP contribution in [-0.2, 0) is 27.9 Å². The number of unbranched alkanes of at least 4 members (excludes halogenated alkanes) is 19. The Morgan fingerprint density at radius 2 is 0.849 bits per heavy atom. The third-order valence-corrected chi connectivity index (χ3v) is 13.1. The van der Waals surface area contributed by atoms with Gasteiger partial charge in [0.15, 0.2) is 0 Å². The van der Waals surface area contributed by atoms with E-state index in [-0.39, 0.29) is 31.3 Å². The van der Waals surface area contributed by atoms with E-state index < -0.39 is 26.6 Å². The third-order valence-electron chi connectivity index (χ3n) is 12.2. The molecule has 73 heavy (non-hydrogen) atoms. The second kappa shape index (κ2) is 52.1.